The highest BCUT2D eigenvalue weighted by molar-refractivity contribution is 6.10. The zero-order valence-electron chi connectivity index (χ0n) is 14.2. The Balaban J connectivity index is 1.61. The minimum absolute atomic E-state index is 0.0538. The molecule has 0 aromatic heterocycles. The van der Waals surface area contributed by atoms with E-state index in [0.29, 0.717) is 22.6 Å². The molecule has 6 nitrogen and oxygen atoms in total. The van der Waals surface area contributed by atoms with Crippen LogP contribution in [0, 0.1) is 12.7 Å². The predicted octanol–water partition coefficient (Wildman–Crippen LogP) is 2.84. The molecule has 0 unspecified atom stereocenters. The van der Waals surface area contributed by atoms with E-state index in [2.05, 4.69) is 10.6 Å². The molecule has 0 saturated carbocycles. The van der Waals surface area contributed by atoms with E-state index in [1.165, 1.54) is 11.0 Å². The summed E-state index contributed by atoms with van der Waals surface area (Å²) in [6.07, 6.45) is -0.115. The molecule has 7 heteroatoms. The van der Waals surface area contributed by atoms with Gasteiger partial charge in [-0.15, -0.1) is 0 Å². The summed E-state index contributed by atoms with van der Waals surface area (Å²) in [5, 5.41) is 5.27. The van der Waals surface area contributed by atoms with Crippen molar-refractivity contribution in [2.24, 2.45) is 0 Å². The van der Waals surface area contributed by atoms with E-state index < -0.39 is 11.7 Å². The molecule has 26 heavy (non-hydrogen) atoms. The smallest absolute Gasteiger partial charge is 0.244 e. The average molecular weight is 355 g/mol. The van der Waals surface area contributed by atoms with Crippen molar-refractivity contribution in [2.45, 2.75) is 19.8 Å². The number of carbonyl (C=O) groups is 3. The predicted molar refractivity (Wildman–Crippen MR) is 96.4 cm³/mol. The Bertz CT molecular complexity index is 882. The number of anilines is 3. The summed E-state index contributed by atoms with van der Waals surface area (Å²) < 4.78 is 13.5. The maximum Gasteiger partial charge on any atom is 0.244 e. The van der Waals surface area contributed by atoms with E-state index >= 15 is 0 Å². The number of para-hydroxylation sites is 2. The van der Waals surface area contributed by atoms with Crippen LogP contribution in [0.3, 0.4) is 0 Å². The molecule has 0 fully saturated rings. The molecule has 1 heterocycles. The van der Waals surface area contributed by atoms with Crippen LogP contribution in [-0.2, 0) is 14.4 Å². The number of halogens is 1. The maximum atomic E-state index is 13.5. The lowest BCUT2D eigenvalue weighted by Crippen LogP contribution is -2.42. The molecule has 0 spiro atoms. The van der Waals surface area contributed by atoms with E-state index in [1.807, 2.05) is 0 Å². The number of amides is 3. The van der Waals surface area contributed by atoms with Crippen molar-refractivity contribution >= 4 is 34.8 Å². The van der Waals surface area contributed by atoms with Crippen molar-refractivity contribution in [2.75, 3.05) is 22.1 Å². The lowest BCUT2D eigenvalue weighted by Gasteiger charge is -2.29. The van der Waals surface area contributed by atoms with Crippen molar-refractivity contribution in [3.63, 3.8) is 0 Å². The van der Waals surface area contributed by atoms with Gasteiger partial charge in [0, 0.05) is 18.5 Å². The Morgan fingerprint density at radius 3 is 2.73 bits per heavy atom. The standard InChI is InChI=1S/C19H18FN3O3/c1-12-6-7-13(10-14(12)20)21-17(24)8-9-19(26)23-11-18(25)22-15-4-2-3-5-16(15)23/h2-7,10H,8-9,11H2,1H3,(H,21,24)(H,22,25). The molecule has 2 N–H and O–H groups in total. The zero-order valence-corrected chi connectivity index (χ0v) is 14.2. The number of nitrogens with one attached hydrogen (secondary N) is 2. The van der Waals surface area contributed by atoms with Gasteiger partial charge in [-0.1, -0.05) is 18.2 Å². The van der Waals surface area contributed by atoms with Crippen LogP contribution < -0.4 is 15.5 Å². The van der Waals surface area contributed by atoms with Gasteiger partial charge in [0.2, 0.25) is 17.7 Å². The van der Waals surface area contributed by atoms with E-state index in [-0.39, 0.29) is 31.2 Å². The molecule has 3 amide bonds. The third-order valence-electron chi connectivity index (χ3n) is 4.09. The second kappa shape index (κ2) is 7.35. The Kier molecular flexibility index (Phi) is 4.97. The Morgan fingerprint density at radius 1 is 1.19 bits per heavy atom. The minimum Gasteiger partial charge on any atom is -0.326 e. The van der Waals surface area contributed by atoms with Gasteiger partial charge >= 0.3 is 0 Å². The molecule has 0 atom stereocenters. The van der Waals surface area contributed by atoms with Crippen LogP contribution >= 0.6 is 0 Å². The van der Waals surface area contributed by atoms with Crippen LogP contribution in [0.25, 0.3) is 0 Å². The number of nitrogens with zero attached hydrogens (tertiary/aromatic N) is 1. The number of rotatable bonds is 4. The van der Waals surface area contributed by atoms with Crippen LogP contribution in [0.5, 0.6) is 0 Å². The molecule has 0 bridgehead atoms. The van der Waals surface area contributed by atoms with Gasteiger partial charge < -0.3 is 15.5 Å². The van der Waals surface area contributed by atoms with Crippen molar-refractivity contribution in [3.05, 3.63) is 53.8 Å². The van der Waals surface area contributed by atoms with Gasteiger partial charge in [-0.2, -0.15) is 0 Å². The minimum atomic E-state index is -0.408. The summed E-state index contributed by atoms with van der Waals surface area (Å²) in [6.45, 7) is 1.55. The summed E-state index contributed by atoms with van der Waals surface area (Å²) in [4.78, 5) is 37.6. The van der Waals surface area contributed by atoms with Crippen LogP contribution in [-0.4, -0.2) is 24.3 Å². The summed E-state index contributed by atoms with van der Waals surface area (Å²) in [6, 6.07) is 11.4. The fourth-order valence-corrected chi connectivity index (χ4v) is 2.71. The highest BCUT2D eigenvalue weighted by atomic mass is 19.1. The molecule has 1 aliphatic heterocycles. The molecule has 2 aromatic carbocycles. The van der Waals surface area contributed by atoms with Gasteiger partial charge in [-0.25, -0.2) is 4.39 Å². The van der Waals surface area contributed by atoms with Crippen LogP contribution in [0.15, 0.2) is 42.5 Å². The first-order valence-corrected chi connectivity index (χ1v) is 8.19. The highest BCUT2D eigenvalue weighted by Crippen LogP contribution is 2.29. The van der Waals surface area contributed by atoms with E-state index in [4.69, 9.17) is 0 Å². The molecular formula is C19H18FN3O3. The second-order valence-electron chi connectivity index (χ2n) is 6.06. The first kappa shape index (κ1) is 17.6. The average Bonchev–Trinajstić information content (AvgIpc) is 2.62. The fourth-order valence-electron chi connectivity index (χ4n) is 2.71. The molecule has 134 valence electrons. The van der Waals surface area contributed by atoms with Crippen LogP contribution in [0.4, 0.5) is 21.5 Å². The third kappa shape index (κ3) is 3.88. The number of hydrogen-bond donors (Lipinski definition) is 2. The molecule has 2 aromatic rings. The first-order chi connectivity index (χ1) is 12.4. The monoisotopic (exact) mass is 355 g/mol. The molecular weight excluding hydrogens is 337 g/mol. The van der Waals surface area contributed by atoms with Gasteiger partial charge in [-0.05, 0) is 36.8 Å². The third-order valence-corrected chi connectivity index (χ3v) is 4.09. The normalized spacial score (nSPS) is 13.0. The number of aryl methyl sites for hydroxylation is 1. The van der Waals surface area contributed by atoms with Crippen molar-refractivity contribution in [1.82, 2.24) is 0 Å². The van der Waals surface area contributed by atoms with E-state index in [9.17, 15) is 18.8 Å². The van der Waals surface area contributed by atoms with Gasteiger partial charge in [0.25, 0.3) is 0 Å². The molecule has 0 saturated heterocycles. The fraction of sp³-hybridized carbons (Fsp3) is 0.211. The van der Waals surface area contributed by atoms with E-state index in [0.717, 1.165) is 0 Å². The highest BCUT2D eigenvalue weighted by Gasteiger charge is 2.26. The first-order valence-electron chi connectivity index (χ1n) is 8.19. The van der Waals surface area contributed by atoms with Crippen molar-refractivity contribution in [1.29, 1.82) is 0 Å². The molecule has 0 radical (unpaired) electrons. The molecule has 0 aliphatic carbocycles. The lowest BCUT2D eigenvalue weighted by molar-refractivity contribution is -0.124. The maximum absolute atomic E-state index is 13.5. The number of hydrogen-bond acceptors (Lipinski definition) is 3. The van der Waals surface area contributed by atoms with Crippen LogP contribution in [0.2, 0.25) is 0 Å². The van der Waals surface area contributed by atoms with Crippen LogP contribution in [0.1, 0.15) is 18.4 Å². The van der Waals surface area contributed by atoms with Crippen molar-refractivity contribution < 1.29 is 18.8 Å². The van der Waals surface area contributed by atoms with Gasteiger partial charge in [0.15, 0.2) is 0 Å². The van der Waals surface area contributed by atoms with Gasteiger partial charge in [0.1, 0.15) is 12.4 Å². The SMILES string of the molecule is Cc1ccc(NC(=O)CCC(=O)N2CC(=O)Nc3ccccc32)cc1F. The Hall–Kier alpha value is -3.22. The summed E-state index contributed by atoms with van der Waals surface area (Å²) >= 11 is 0. The van der Waals surface area contributed by atoms with E-state index in [1.54, 1.807) is 43.3 Å². The topological polar surface area (TPSA) is 78.5 Å². The van der Waals surface area contributed by atoms with Gasteiger partial charge in [-0.3, -0.25) is 14.4 Å². The lowest BCUT2D eigenvalue weighted by atomic mass is 10.1. The number of benzene rings is 2. The Labute approximate surface area is 150 Å². The van der Waals surface area contributed by atoms with Crippen molar-refractivity contribution in [3.8, 4) is 0 Å². The quantitative estimate of drug-likeness (QED) is 0.885. The second-order valence-corrected chi connectivity index (χ2v) is 6.06. The summed E-state index contributed by atoms with van der Waals surface area (Å²) in [5.41, 5.74) is 2.00. The molecule has 1 aliphatic rings. The summed E-state index contributed by atoms with van der Waals surface area (Å²) in [7, 11) is 0. The summed E-state index contributed by atoms with van der Waals surface area (Å²) in [5.74, 6) is -1.40. The number of carbonyl (C=O) groups excluding carboxylic acids is 3. The Morgan fingerprint density at radius 2 is 1.96 bits per heavy atom. The molecule has 3 rings (SSSR count). The zero-order chi connectivity index (χ0) is 18.7. The van der Waals surface area contributed by atoms with Gasteiger partial charge in [0.05, 0.1) is 11.4 Å². The largest absolute Gasteiger partial charge is 0.326 e. The number of fused-ring (bicyclic) bond motifs is 1.